The van der Waals surface area contributed by atoms with E-state index >= 15 is 0 Å². The Morgan fingerprint density at radius 3 is 2.86 bits per heavy atom. The van der Waals surface area contributed by atoms with Crippen molar-refractivity contribution in [1.29, 1.82) is 5.26 Å². The highest BCUT2D eigenvalue weighted by molar-refractivity contribution is 5.86. The summed E-state index contributed by atoms with van der Waals surface area (Å²) >= 11 is 0. The molecule has 1 heterocycles. The third-order valence-corrected chi connectivity index (χ3v) is 4.08. The van der Waals surface area contributed by atoms with Crippen LogP contribution in [0.3, 0.4) is 0 Å². The maximum absolute atomic E-state index is 12.2. The Morgan fingerprint density at radius 1 is 1.33 bits per heavy atom. The van der Waals surface area contributed by atoms with Crippen molar-refractivity contribution in [3.8, 4) is 6.07 Å². The van der Waals surface area contributed by atoms with Crippen molar-refractivity contribution in [1.82, 2.24) is 10.5 Å². The molecule has 1 aliphatic carbocycles. The number of carbonyl (C=O) groups is 1. The average Bonchev–Trinajstić information content (AvgIpc) is 2.91. The molecule has 1 aliphatic rings. The van der Waals surface area contributed by atoms with Gasteiger partial charge in [0.25, 0.3) is 0 Å². The standard InChI is InChI=1S/C16H17N3O2/c17-11-16(8-4-1-5-9-16)18-15(20)10-13-12-6-2-3-7-14(12)21-19-13/h2-3,6-7H,1,4-5,8-10H2,(H,18,20). The van der Waals surface area contributed by atoms with Gasteiger partial charge in [0.1, 0.15) is 11.2 Å². The van der Waals surface area contributed by atoms with E-state index in [2.05, 4.69) is 16.5 Å². The molecule has 0 spiro atoms. The number of amides is 1. The van der Waals surface area contributed by atoms with Crippen molar-refractivity contribution >= 4 is 16.9 Å². The lowest BCUT2D eigenvalue weighted by Gasteiger charge is -2.31. The predicted octanol–water partition coefficient (Wildman–Crippen LogP) is 2.71. The zero-order chi connectivity index (χ0) is 14.7. The minimum absolute atomic E-state index is 0.139. The molecule has 1 N–H and O–H groups in total. The molecule has 0 saturated heterocycles. The molecule has 0 atom stereocenters. The zero-order valence-corrected chi connectivity index (χ0v) is 11.8. The molecular formula is C16H17N3O2. The number of hydrogen-bond acceptors (Lipinski definition) is 4. The van der Waals surface area contributed by atoms with E-state index in [0.717, 1.165) is 37.5 Å². The molecule has 2 aromatic rings. The highest BCUT2D eigenvalue weighted by Crippen LogP contribution is 2.27. The first-order chi connectivity index (χ1) is 10.2. The molecule has 1 saturated carbocycles. The smallest absolute Gasteiger partial charge is 0.227 e. The van der Waals surface area contributed by atoms with Crippen LogP contribution in [0, 0.1) is 11.3 Å². The Kier molecular flexibility index (Phi) is 3.61. The van der Waals surface area contributed by atoms with Gasteiger partial charge in [0.2, 0.25) is 5.91 Å². The number of nitrogens with zero attached hydrogens (tertiary/aromatic N) is 2. The van der Waals surface area contributed by atoms with Gasteiger partial charge in [-0.3, -0.25) is 4.79 Å². The molecule has 1 aromatic heterocycles. The largest absolute Gasteiger partial charge is 0.356 e. The molecule has 108 valence electrons. The van der Waals surface area contributed by atoms with Crippen LogP contribution < -0.4 is 5.32 Å². The molecule has 1 amide bonds. The lowest BCUT2D eigenvalue weighted by molar-refractivity contribution is -0.122. The Bertz CT molecular complexity index is 693. The van der Waals surface area contributed by atoms with Gasteiger partial charge in [0, 0.05) is 5.39 Å². The van der Waals surface area contributed by atoms with Gasteiger partial charge < -0.3 is 9.84 Å². The molecule has 1 aromatic carbocycles. The van der Waals surface area contributed by atoms with Crippen LogP contribution in [0.2, 0.25) is 0 Å². The first-order valence-corrected chi connectivity index (χ1v) is 7.28. The third kappa shape index (κ3) is 2.75. The third-order valence-electron chi connectivity index (χ3n) is 4.08. The van der Waals surface area contributed by atoms with Crippen LogP contribution in [0.4, 0.5) is 0 Å². The summed E-state index contributed by atoms with van der Waals surface area (Å²) in [7, 11) is 0. The second-order valence-corrected chi connectivity index (χ2v) is 5.60. The Labute approximate surface area is 122 Å². The van der Waals surface area contributed by atoms with Gasteiger partial charge in [-0.05, 0) is 25.0 Å². The lowest BCUT2D eigenvalue weighted by atomic mass is 9.83. The number of para-hydroxylation sites is 1. The summed E-state index contributed by atoms with van der Waals surface area (Å²) in [6.07, 6.45) is 4.71. The molecule has 0 radical (unpaired) electrons. The number of benzene rings is 1. The summed E-state index contributed by atoms with van der Waals surface area (Å²) in [6, 6.07) is 9.75. The van der Waals surface area contributed by atoms with Gasteiger partial charge in [-0.15, -0.1) is 0 Å². The monoisotopic (exact) mass is 283 g/mol. The summed E-state index contributed by atoms with van der Waals surface area (Å²) in [6.45, 7) is 0. The second-order valence-electron chi connectivity index (χ2n) is 5.60. The van der Waals surface area contributed by atoms with Gasteiger partial charge in [0.15, 0.2) is 5.58 Å². The molecule has 0 aliphatic heterocycles. The lowest BCUT2D eigenvalue weighted by Crippen LogP contribution is -2.49. The van der Waals surface area contributed by atoms with E-state index in [9.17, 15) is 10.1 Å². The minimum atomic E-state index is -0.700. The molecule has 5 nitrogen and oxygen atoms in total. The molecule has 5 heteroatoms. The van der Waals surface area contributed by atoms with E-state index in [4.69, 9.17) is 4.52 Å². The fourth-order valence-electron chi connectivity index (χ4n) is 2.95. The first kappa shape index (κ1) is 13.6. The quantitative estimate of drug-likeness (QED) is 0.939. The van der Waals surface area contributed by atoms with Crippen LogP contribution in [0.25, 0.3) is 11.0 Å². The van der Waals surface area contributed by atoms with Crippen molar-refractivity contribution < 1.29 is 9.32 Å². The molecule has 21 heavy (non-hydrogen) atoms. The second kappa shape index (κ2) is 5.57. The highest BCUT2D eigenvalue weighted by atomic mass is 16.5. The summed E-state index contributed by atoms with van der Waals surface area (Å²) in [5.74, 6) is -0.169. The summed E-state index contributed by atoms with van der Waals surface area (Å²) < 4.78 is 5.20. The molecule has 0 bridgehead atoms. The number of nitrogens with one attached hydrogen (secondary N) is 1. The van der Waals surface area contributed by atoms with Crippen LogP contribution in [0.15, 0.2) is 28.8 Å². The van der Waals surface area contributed by atoms with E-state index in [-0.39, 0.29) is 12.3 Å². The van der Waals surface area contributed by atoms with Gasteiger partial charge in [-0.1, -0.05) is 36.6 Å². The average molecular weight is 283 g/mol. The fraction of sp³-hybridized carbons (Fsp3) is 0.438. The molecule has 3 rings (SSSR count). The molecule has 1 fully saturated rings. The van der Waals surface area contributed by atoms with Crippen molar-refractivity contribution in [2.45, 2.75) is 44.1 Å². The number of fused-ring (bicyclic) bond motifs is 1. The summed E-state index contributed by atoms with van der Waals surface area (Å²) in [5, 5.41) is 17.1. The Morgan fingerprint density at radius 2 is 2.10 bits per heavy atom. The van der Waals surface area contributed by atoms with Crippen LogP contribution >= 0.6 is 0 Å². The highest BCUT2D eigenvalue weighted by Gasteiger charge is 2.33. The first-order valence-electron chi connectivity index (χ1n) is 7.28. The number of aromatic nitrogens is 1. The fourth-order valence-corrected chi connectivity index (χ4v) is 2.95. The van der Waals surface area contributed by atoms with E-state index < -0.39 is 5.54 Å². The Hall–Kier alpha value is -2.35. The van der Waals surface area contributed by atoms with Crippen molar-refractivity contribution in [2.24, 2.45) is 0 Å². The van der Waals surface area contributed by atoms with E-state index in [1.54, 1.807) is 0 Å². The van der Waals surface area contributed by atoms with Gasteiger partial charge in [0.05, 0.1) is 12.5 Å². The van der Waals surface area contributed by atoms with Crippen LogP contribution in [-0.4, -0.2) is 16.6 Å². The number of carbonyl (C=O) groups excluding carboxylic acids is 1. The Balaban J connectivity index is 1.73. The van der Waals surface area contributed by atoms with Crippen molar-refractivity contribution in [3.05, 3.63) is 30.0 Å². The maximum atomic E-state index is 12.2. The normalized spacial score (nSPS) is 17.3. The van der Waals surface area contributed by atoms with Crippen molar-refractivity contribution in [3.63, 3.8) is 0 Å². The van der Waals surface area contributed by atoms with Gasteiger partial charge in [-0.2, -0.15) is 5.26 Å². The zero-order valence-electron chi connectivity index (χ0n) is 11.8. The van der Waals surface area contributed by atoms with Crippen LogP contribution in [0.1, 0.15) is 37.8 Å². The van der Waals surface area contributed by atoms with Crippen LogP contribution in [-0.2, 0) is 11.2 Å². The van der Waals surface area contributed by atoms with Gasteiger partial charge in [-0.25, -0.2) is 0 Å². The number of hydrogen-bond donors (Lipinski definition) is 1. The summed E-state index contributed by atoms with van der Waals surface area (Å²) in [4.78, 5) is 12.2. The predicted molar refractivity (Wildman–Crippen MR) is 77.3 cm³/mol. The number of rotatable bonds is 3. The minimum Gasteiger partial charge on any atom is -0.356 e. The van der Waals surface area contributed by atoms with E-state index in [1.165, 1.54) is 0 Å². The van der Waals surface area contributed by atoms with E-state index in [1.807, 2.05) is 24.3 Å². The number of nitriles is 1. The van der Waals surface area contributed by atoms with E-state index in [0.29, 0.717) is 11.3 Å². The molecular weight excluding hydrogens is 266 g/mol. The SMILES string of the molecule is N#CC1(NC(=O)Cc2noc3ccccc23)CCCCC1. The summed E-state index contributed by atoms with van der Waals surface area (Å²) in [5.41, 5.74) is 0.592. The molecule has 0 unspecified atom stereocenters. The van der Waals surface area contributed by atoms with Crippen molar-refractivity contribution in [2.75, 3.05) is 0 Å². The van der Waals surface area contributed by atoms with Gasteiger partial charge >= 0.3 is 0 Å². The van der Waals surface area contributed by atoms with Crippen LogP contribution in [0.5, 0.6) is 0 Å². The topological polar surface area (TPSA) is 78.9 Å². The maximum Gasteiger partial charge on any atom is 0.227 e.